The summed E-state index contributed by atoms with van der Waals surface area (Å²) in [5, 5.41) is 2.59. The van der Waals surface area contributed by atoms with E-state index >= 15 is 0 Å². The smallest absolute Gasteiger partial charge is 0.344 e. The predicted molar refractivity (Wildman–Crippen MR) is 84.4 cm³/mol. The Morgan fingerprint density at radius 3 is 2.40 bits per heavy atom. The van der Waals surface area contributed by atoms with Crippen LogP contribution in [-0.2, 0) is 10.8 Å². The van der Waals surface area contributed by atoms with E-state index in [1.165, 1.54) is 19.1 Å². The number of alkyl halides is 3. The lowest BCUT2D eigenvalue weighted by Gasteiger charge is -2.15. The van der Waals surface area contributed by atoms with Crippen LogP contribution in [0.5, 0.6) is 0 Å². The Labute approximate surface area is 142 Å². The number of aromatic nitrogens is 2. The molecule has 6 nitrogen and oxygen atoms in total. The maximum atomic E-state index is 12.4. The molecule has 0 aliphatic rings. The summed E-state index contributed by atoms with van der Waals surface area (Å²) in [6.07, 6.45) is 0. The van der Waals surface area contributed by atoms with Crippen LogP contribution in [0.1, 0.15) is 34.8 Å². The first-order chi connectivity index (χ1) is 11.6. The minimum absolute atomic E-state index is 0.0668. The third-order valence-electron chi connectivity index (χ3n) is 3.24. The number of aromatic amines is 1. The van der Waals surface area contributed by atoms with Gasteiger partial charge in [0.05, 0.1) is 6.04 Å². The quantitative estimate of drug-likeness (QED) is 0.859. The number of nitrogens with one attached hydrogen (secondary N) is 2. The van der Waals surface area contributed by atoms with Gasteiger partial charge in [0.1, 0.15) is 11.5 Å². The van der Waals surface area contributed by atoms with Crippen molar-refractivity contribution >= 4 is 16.7 Å². The minimum Gasteiger partial charge on any atom is -0.344 e. The monoisotopic (exact) mass is 373 g/mol. The normalized spacial score (nSPS) is 14.0. The number of carbonyl (C=O) groups is 1. The largest absolute Gasteiger partial charge is 0.475 e. The van der Waals surface area contributed by atoms with Crippen molar-refractivity contribution in [3.8, 4) is 0 Å². The van der Waals surface area contributed by atoms with E-state index in [-0.39, 0.29) is 16.4 Å². The van der Waals surface area contributed by atoms with E-state index in [0.29, 0.717) is 5.56 Å². The first kappa shape index (κ1) is 18.8. The van der Waals surface area contributed by atoms with Gasteiger partial charge < -0.3 is 10.3 Å². The van der Waals surface area contributed by atoms with Crippen molar-refractivity contribution in [3.63, 3.8) is 0 Å². The third-order valence-corrected chi connectivity index (χ3v) is 4.37. The SMILES string of the molecule is Cc1nc(C(=O)N[C@H](C)c2ccc(S(=O)C(F)(F)F)cc2)cc(=O)[nH]1. The van der Waals surface area contributed by atoms with E-state index in [0.717, 1.165) is 18.2 Å². The molecule has 1 amide bonds. The highest BCUT2D eigenvalue weighted by molar-refractivity contribution is 7.86. The second kappa shape index (κ2) is 7.18. The molecule has 1 aromatic heterocycles. The highest BCUT2D eigenvalue weighted by Gasteiger charge is 2.37. The molecule has 0 spiro atoms. The topological polar surface area (TPSA) is 91.9 Å². The molecule has 2 atom stereocenters. The number of halogens is 3. The molecule has 2 aromatic rings. The summed E-state index contributed by atoms with van der Waals surface area (Å²) < 4.78 is 48.5. The van der Waals surface area contributed by atoms with Crippen molar-refractivity contribution in [1.29, 1.82) is 0 Å². The predicted octanol–water partition coefficient (Wildman–Crippen LogP) is 2.20. The lowest BCUT2D eigenvalue weighted by molar-refractivity contribution is -0.0384. The highest BCUT2D eigenvalue weighted by Crippen LogP contribution is 2.27. The molecule has 1 heterocycles. The van der Waals surface area contributed by atoms with Crippen molar-refractivity contribution in [3.05, 3.63) is 57.8 Å². The maximum absolute atomic E-state index is 12.4. The van der Waals surface area contributed by atoms with Crippen molar-refractivity contribution in [1.82, 2.24) is 15.3 Å². The summed E-state index contributed by atoms with van der Waals surface area (Å²) in [5.41, 5.74) is -4.85. The van der Waals surface area contributed by atoms with Crippen molar-refractivity contribution < 1.29 is 22.2 Å². The Morgan fingerprint density at radius 2 is 1.88 bits per heavy atom. The molecule has 1 unspecified atom stereocenters. The van der Waals surface area contributed by atoms with Gasteiger partial charge in [-0.05, 0) is 31.5 Å². The summed E-state index contributed by atoms with van der Waals surface area (Å²) in [7, 11) is -3.10. The summed E-state index contributed by atoms with van der Waals surface area (Å²) in [5.74, 6) is -0.311. The number of aryl methyl sites for hydroxylation is 1. The average molecular weight is 373 g/mol. The van der Waals surface area contributed by atoms with Crippen molar-refractivity contribution in [2.45, 2.75) is 30.3 Å². The molecule has 0 aliphatic heterocycles. The molecule has 0 saturated heterocycles. The molecule has 2 N–H and O–H groups in total. The molecule has 2 rings (SSSR count). The number of amides is 1. The summed E-state index contributed by atoms with van der Waals surface area (Å²) in [4.78, 5) is 29.4. The third kappa shape index (κ3) is 4.75. The van der Waals surface area contributed by atoms with E-state index in [4.69, 9.17) is 0 Å². The van der Waals surface area contributed by atoms with Crippen molar-refractivity contribution in [2.24, 2.45) is 0 Å². The molecule has 0 bridgehead atoms. The molecule has 134 valence electrons. The molecule has 0 radical (unpaired) electrons. The van der Waals surface area contributed by atoms with Crippen LogP contribution < -0.4 is 10.9 Å². The van der Waals surface area contributed by atoms with Crippen molar-refractivity contribution in [2.75, 3.05) is 0 Å². The number of carbonyl (C=O) groups excluding carboxylic acids is 1. The Hall–Kier alpha value is -2.49. The minimum atomic E-state index is -4.83. The number of nitrogens with zero attached hydrogens (tertiary/aromatic N) is 1. The van der Waals surface area contributed by atoms with Gasteiger partial charge in [-0.2, -0.15) is 13.2 Å². The van der Waals surface area contributed by atoms with Gasteiger partial charge in [0.15, 0.2) is 10.8 Å². The lowest BCUT2D eigenvalue weighted by Crippen LogP contribution is -2.29. The van der Waals surface area contributed by atoms with E-state index in [9.17, 15) is 27.0 Å². The molecule has 0 aliphatic carbocycles. The second-order valence-corrected chi connectivity index (χ2v) is 6.67. The molecule has 25 heavy (non-hydrogen) atoms. The molecular weight excluding hydrogens is 359 g/mol. The number of benzene rings is 1. The van der Waals surface area contributed by atoms with E-state index in [1.54, 1.807) is 6.92 Å². The van der Waals surface area contributed by atoms with Gasteiger partial charge in [-0.1, -0.05) is 12.1 Å². The summed E-state index contributed by atoms with van der Waals surface area (Å²) in [6.45, 7) is 3.15. The second-order valence-electron chi connectivity index (χ2n) is 5.19. The van der Waals surface area contributed by atoms with Crippen LogP contribution in [0, 0.1) is 6.92 Å². The van der Waals surface area contributed by atoms with Gasteiger partial charge in [0, 0.05) is 11.0 Å². The molecule has 10 heteroatoms. The van der Waals surface area contributed by atoms with Crippen LogP contribution in [0.4, 0.5) is 13.2 Å². The zero-order valence-electron chi connectivity index (χ0n) is 13.2. The molecular formula is C15H14F3N3O3S. The van der Waals surface area contributed by atoms with Gasteiger partial charge in [-0.15, -0.1) is 0 Å². The Balaban J connectivity index is 2.13. The standard InChI is InChI=1S/C15H14F3N3O3S/c1-8(19-14(23)12-7-13(22)21-9(2)20-12)10-3-5-11(6-4-10)25(24)15(16,17)18/h3-8H,1-2H3,(H,19,23)(H,20,21,22)/t8-,25?/m1/s1. The Bertz CT molecular complexity index is 863. The first-order valence-electron chi connectivity index (χ1n) is 7.05. The van der Waals surface area contributed by atoms with E-state index < -0.39 is 33.8 Å². The van der Waals surface area contributed by atoms with Crippen LogP contribution in [0.3, 0.4) is 0 Å². The Kier molecular flexibility index (Phi) is 5.41. The average Bonchev–Trinajstić information content (AvgIpc) is 2.52. The van der Waals surface area contributed by atoms with Gasteiger partial charge >= 0.3 is 5.51 Å². The highest BCUT2D eigenvalue weighted by atomic mass is 32.2. The number of hydrogen-bond donors (Lipinski definition) is 2. The molecule has 1 aromatic carbocycles. The fourth-order valence-corrected chi connectivity index (χ4v) is 2.71. The lowest BCUT2D eigenvalue weighted by atomic mass is 10.1. The van der Waals surface area contributed by atoms with Crippen LogP contribution in [0.2, 0.25) is 0 Å². The maximum Gasteiger partial charge on any atom is 0.475 e. The van der Waals surface area contributed by atoms with Crippen LogP contribution in [0.25, 0.3) is 0 Å². The van der Waals surface area contributed by atoms with Gasteiger partial charge in [-0.25, -0.2) is 9.19 Å². The Morgan fingerprint density at radius 1 is 1.28 bits per heavy atom. The zero-order valence-corrected chi connectivity index (χ0v) is 14.0. The molecule has 0 fully saturated rings. The molecule has 0 saturated carbocycles. The zero-order chi connectivity index (χ0) is 18.8. The van der Waals surface area contributed by atoms with Gasteiger partial charge in [0.25, 0.3) is 11.5 Å². The van der Waals surface area contributed by atoms with Gasteiger partial charge in [-0.3, -0.25) is 9.59 Å². The fourth-order valence-electron chi connectivity index (χ4n) is 2.06. The fraction of sp³-hybridized carbons (Fsp3) is 0.267. The van der Waals surface area contributed by atoms with Crippen LogP contribution >= 0.6 is 0 Å². The van der Waals surface area contributed by atoms with Gasteiger partial charge in [0.2, 0.25) is 0 Å². The van der Waals surface area contributed by atoms with E-state index in [1.807, 2.05) is 0 Å². The summed E-state index contributed by atoms with van der Waals surface area (Å²) in [6, 6.07) is 5.38. The first-order valence-corrected chi connectivity index (χ1v) is 8.20. The number of hydrogen-bond acceptors (Lipinski definition) is 4. The van der Waals surface area contributed by atoms with Crippen LogP contribution in [-0.4, -0.2) is 25.6 Å². The van der Waals surface area contributed by atoms with E-state index in [2.05, 4.69) is 15.3 Å². The van der Waals surface area contributed by atoms with Crippen LogP contribution in [0.15, 0.2) is 40.0 Å². The number of rotatable bonds is 4. The summed E-state index contributed by atoms with van der Waals surface area (Å²) >= 11 is 0. The number of H-pyrrole nitrogens is 1.